The Morgan fingerprint density at radius 3 is 2.70 bits per heavy atom. The number of nitrogens with zero attached hydrogens (tertiary/aromatic N) is 4. The third-order valence-electron chi connectivity index (χ3n) is 6.34. The number of aliphatic carboxylic acids is 1. The van der Waals surface area contributed by atoms with Crippen molar-refractivity contribution in [3.8, 4) is 22.1 Å². The maximum atomic E-state index is 13.5. The number of rotatable bonds is 6. The Bertz CT molecular complexity index is 1650. The van der Waals surface area contributed by atoms with Gasteiger partial charge in [-0.25, -0.2) is 14.5 Å². The van der Waals surface area contributed by atoms with Crippen LogP contribution in [-0.2, 0) is 4.79 Å². The summed E-state index contributed by atoms with van der Waals surface area (Å²) in [5.41, 5.74) is 1.87. The van der Waals surface area contributed by atoms with Crippen LogP contribution >= 0.6 is 11.3 Å². The lowest BCUT2D eigenvalue weighted by Gasteiger charge is -2.24. The van der Waals surface area contributed by atoms with E-state index in [2.05, 4.69) is 20.3 Å². The van der Waals surface area contributed by atoms with Gasteiger partial charge in [0.25, 0.3) is 5.56 Å². The summed E-state index contributed by atoms with van der Waals surface area (Å²) in [6.07, 6.45) is 6.29. The van der Waals surface area contributed by atoms with Gasteiger partial charge in [0.1, 0.15) is 16.5 Å². The third kappa shape index (κ3) is 4.43. The molecular formula is C27H23N5O4S. The average Bonchev–Trinajstić information content (AvgIpc) is 3.53. The number of para-hydroxylation sites is 1. The fourth-order valence-electron chi connectivity index (χ4n) is 4.12. The van der Waals surface area contributed by atoms with Gasteiger partial charge in [0.15, 0.2) is 5.69 Å². The predicted molar refractivity (Wildman–Crippen MR) is 142 cm³/mol. The van der Waals surface area contributed by atoms with Crippen molar-refractivity contribution in [2.75, 3.05) is 0 Å². The number of nitrogens with one attached hydrogen (secondary N) is 1. The summed E-state index contributed by atoms with van der Waals surface area (Å²) in [6, 6.07) is 12.3. The standard InChI is InChI=1S/C27H23N5O4S/c1-16-9-10-19(14-17(16)2)32-25(34)23(22(30-32)24-28-12-13-37-24)29-31-27(26(35)36)11-5-6-18(15-27)20-7-3-4-8-21(20)33/h3-14,30,33H,15H2,1-2H3,(H,35,36). The number of carbonyl (C=O) groups is 1. The quantitative estimate of drug-likeness (QED) is 0.290. The molecule has 0 radical (unpaired) electrons. The normalized spacial score (nSPS) is 17.3. The van der Waals surface area contributed by atoms with Crippen LogP contribution in [0.15, 0.2) is 87.3 Å². The number of benzene rings is 2. The summed E-state index contributed by atoms with van der Waals surface area (Å²) in [7, 11) is 0. The van der Waals surface area contributed by atoms with Gasteiger partial charge < -0.3 is 10.2 Å². The van der Waals surface area contributed by atoms with Crippen molar-refractivity contribution in [1.82, 2.24) is 14.8 Å². The summed E-state index contributed by atoms with van der Waals surface area (Å²) in [5.74, 6) is -1.19. The first-order chi connectivity index (χ1) is 17.8. The molecule has 0 saturated heterocycles. The first-order valence-corrected chi connectivity index (χ1v) is 12.3. The number of thiazole rings is 1. The molecule has 1 aliphatic carbocycles. The van der Waals surface area contributed by atoms with E-state index in [1.165, 1.54) is 28.2 Å². The number of allylic oxidation sites excluding steroid dienone is 2. The van der Waals surface area contributed by atoms with Crippen LogP contribution in [0.25, 0.3) is 22.0 Å². The number of aryl methyl sites for hydroxylation is 2. The second kappa shape index (κ2) is 9.47. The van der Waals surface area contributed by atoms with Crippen LogP contribution in [0.5, 0.6) is 5.75 Å². The number of carboxylic acids is 1. The third-order valence-corrected chi connectivity index (χ3v) is 7.13. The molecule has 2 aromatic carbocycles. The van der Waals surface area contributed by atoms with Crippen molar-refractivity contribution in [3.63, 3.8) is 0 Å². The van der Waals surface area contributed by atoms with E-state index in [4.69, 9.17) is 0 Å². The van der Waals surface area contributed by atoms with Gasteiger partial charge >= 0.3 is 5.97 Å². The fourth-order valence-corrected chi connectivity index (χ4v) is 4.76. The van der Waals surface area contributed by atoms with Crippen molar-refractivity contribution in [2.45, 2.75) is 25.8 Å². The van der Waals surface area contributed by atoms with Gasteiger partial charge in [0.2, 0.25) is 5.54 Å². The van der Waals surface area contributed by atoms with Gasteiger partial charge in [-0.15, -0.1) is 16.5 Å². The van der Waals surface area contributed by atoms with Crippen molar-refractivity contribution < 1.29 is 15.0 Å². The van der Waals surface area contributed by atoms with Gasteiger partial charge in [0.05, 0.1) is 5.69 Å². The molecule has 9 nitrogen and oxygen atoms in total. The molecule has 1 aliphatic rings. The number of phenols is 1. The van der Waals surface area contributed by atoms with E-state index in [1.54, 1.807) is 41.9 Å². The van der Waals surface area contributed by atoms with Crippen LogP contribution in [-0.4, -0.2) is 36.5 Å². The van der Waals surface area contributed by atoms with E-state index in [0.717, 1.165) is 11.1 Å². The van der Waals surface area contributed by atoms with Gasteiger partial charge in [-0.1, -0.05) is 36.4 Å². The molecule has 0 aliphatic heterocycles. The monoisotopic (exact) mass is 513 g/mol. The minimum absolute atomic E-state index is 0.0354. The largest absolute Gasteiger partial charge is 0.507 e. The molecule has 0 amide bonds. The number of hydrogen-bond acceptors (Lipinski definition) is 7. The smallest absolute Gasteiger partial charge is 0.337 e. The first kappa shape index (κ1) is 24.1. The lowest BCUT2D eigenvalue weighted by Crippen LogP contribution is -2.35. The fraction of sp³-hybridized carbons (Fsp3) is 0.148. The number of phenolic OH excluding ortho intramolecular Hbond substituents is 1. The Morgan fingerprint density at radius 1 is 1.19 bits per heavy atom. The van der Waals surface area contributed by atoms with E-state index in [1.807, 2.05) is 32.0 Å². The highest BCUT2D eigenvalue weighted by molar-refractivity contribution is 7.13. The molecule has 186 valence electrons. The SMILES string of the molecule is Cc1ccc(-n2[nH]c(-c3nccs3)c(N=NC3(C(=O)O)C=CC=C(c4ccccc4O)C3)c2=O)cc1C. The molecule has 0 saturated carbocycles. The highest BCUT2D eigenvalue weighted by Gasteiger charge is 2.39. The number of H-pyrrole nitrogens is 1. The lowest BCUT2D eigenvalue weighted by atomic mass is 9.84. The summed E-state index contributed by atoms with van der Waals surface area (Å²) in [4.78, 5) is 30.3. The summed E-state index contributed by atoms with van der Waals surface area (Å²) >= 11 is 1.32. The van der Waals surface area contributed by atoms with Crippen LogP contribution in [0.2, 0.25) is 0 Å². The molecule has 1 unspecified atom stereocenters. The number of carboxylic acid groups (broad SMARTS) is 1. The molecule has 2 heterocycles. The van der Waals surface area contributed by atoms with Crippen LogP contribution in [0.3, 0.4) is 0 Å². The molecule has 0 fully saturated rings. The Morgan fingerprint density at radius 2 is 2.00 bits per heavy atom. The summed E-state index contributed by atoms with van der Waals surface area (Å²) < 4.78 is 1.36. The lowest BCUT2D eigenvalue weighted by molar-refractivity contribution is -0.141. The van der Waals surface area contributed by atoms with Crippen LogP contribution < -0.4 is 5.56 Å². The van der Waals surface area contributed by atoms with Crippen molar-refractivity contribution in [1.29, 1.82) is 0 Å². The zero-order valence-electron chi connectivity index (χ0n) is 20.0. The molecule has 0 spiro atoms. The summed E-state index contributed by atoms with van der Waals surface area (Å²) in [5, 5.41) is 34.3. The van der Waals surface area contributed by atoms with Crippen LogP contribution in [0.4, 0.5) is 5.69 Å². The average molecular weight is 514 g/mol. The number of azo groups is 1. The molecular weight excluding hydrogens is 490 g/mol. The van der Waals surface area contributed by atoms with Gasteiger partial charge in [-0.05, 0) is 54.8 Å². The second-order valence-corrected chi connectivity index (χ2v) is 9.65. The molecule has 10 heteroatoms. The summed E-state index contributed by atoms with van der Waals surface area (Å²) in [6.45, 7) is 3.94. The second-order valence-electron chi connectivity index (χ2n) is 8.76. The topological polar surface area (TPSA) is 133 Å². The van der Waals surface area contributed by atoms with Crippen molar-refractivity contribution >= 4 is 28.6 Å². The van der Waals surface area contributed by atoms with Gasteiger partial charge in [-0.2, -0.15) is 5.11 Å². The predicted octanol–water partition coefficient (Wildman–Crippen LogP) is 5.56. The Balaban J connectivity index is 1.60. The maximum Gasteiger partial charge on any atom is 0.337 e. The zero-order chi connectivity index (χ0) is 26.2. The number of hydrogen-bond donors (Lipinski definition) is 3. The minimum atomic E-state index is -1.76. The Labute approximate surface area is 215 Å². The molecule has 5 rings (SSSR count). The molecule has 0 bridgehead atoms. The molecule has 1 atom stereocenters. The van der Waals surface area contributed by atoms with Crippen molar-refractivity contribution in [2.24, 2.45) is 10.2 Å². The van der Waals surface area contributed by atoms with Crippen LogP contribution in [0.1, 0.15) is 23.1 Å². The highest BCUT2D eigenvalue weighted by Crippen LogP contribution is 2.38. The number of aromatic amines is 1. The van der Waals surface area contributed by atoms with Gasteiger partial charge in [0, 0.05) is 23.6 Å². The van der Waals surface area contributed by atoms with E-state index < -0.39 is 17.1 Å². The molecule has 2 aromatic heterocycles. The van der Waals surface area contributed by atoms with Crippen molar-refractivity contribution in [3.05, 3.63) is 99.3 Å². The van der Waals surface area contributed by atoms with Crippen LogP contribution in [0, 0.1) is 13.8 Å². The minimum Gasteiger partial charge on any atom is -0.507 e. The molecule has 3 N–H and O–H groups in total. The Hall–Kier alpha value is -4.57. The zero-order valence-corrected chi connectivity index (χ0v) is 20.9. The van der Waals surface area contributed by atoms with Gasteiger partial charge in [-0.3, -0.25) is 9.89 Å². The number of aromatic nitrogens is 3. The Kier molecular flexibility index (Phi) is 6.18. The highest BCUT2D eigenvalue weighted by atomic mass is 32.1. The first-order valence-electron chi connectivity index (χ1n) is 11.4. The molecule has 4 aromatic rings. The maximum absolute atomic E-state index is 13.5. The number of aromatic hydroxyl groups is 1. The van der Waals surface area contributed by atoms with E-state index in [-0.39, 0.29) is 17.9 Å². The van der Waals surface area contributed by atoms with E-state index in [0.29, 0.717) is 27.5 Å². The van der Waals surface area contributed by atoms with E-state index in [9.17, 15) is 19.8 Å². The molecule has 37 heavy (non-hydrogen) atoms. The van der Waals surface area contributed by atoms with E-state index >= 15 is 0 Å².